The van der Waals surface area contributed by atoms with E-state index in [0.29, 0.717) is 34.2 Å². The van der Waals surface area contributed by atoms with Gasteiger partial charge >= 0.3 is 0 Å². The van der Waals surface area contributed by atoms with Gasteiger partial charge in [0.25, 0.3) is 0 Å². The number of aromatic nitrogens is 4. The van der Waals surface area contributed by atoms with E-state index in [-0.39, 0.29) is 5.88 Å². The van der Waals surface area contributed by atoms with Crippen molar-refractivity contribution in [1.82, 2.24) is 19.6 Å². The van der Waals surface area contributed by atoms with Crippen LogP contribution in [0.25, 0.3) is 28.0 Å². The van der Waals surface area contributed by atoms with Crippen LogP contribution in [0.5, 0.6) is 17.4 Å². The van der Waals surface area contributed by atoms with E-state index >= 15 is 0 Å². The van der Waals surface area contributed by atoms with Crippen LogP contribution in [0.2, 0.25) is 0 Å². The zero-order chi connectivity index (χ0) is 19.0. The molecule has 0 amide bonds. The molecule has 0 bridgehead atoms. The van der Waals surface area contributed by atoms with Crippen LogP contribution in [0.15, 0.2) is 48.8 Å². The molecule has 0 fully saturated rings. The summed E-state index contributed by atoms with van der Waals surface area (Å²) in [4.78, 5) is 8.59. The molecular formula is C19H17N5O3. The van der Waals surface area contributed by atoms with Crippen molar-refractivity contribution in [2.45, 2.75) is 0 Å². The fourth-order valence-electron chi connectivity index (χ4n) is 2.93. The van der Waals surface area contributed by atoms with Crippen molar-refractivity contribution in [3.8, 4) is 39.8 Å². The number of rotatable bonds is 4. The number of hydrogen-bond acceptors (Lipinski definition) is 7. The highest BCUT2D eigenvalue weighted by atomic mass is 16.5. The van der Waals surface area contributed by atoms with E-state index in [1.54, 1.807) is 43.3 Å². The molecule has 1 aromatic carbocycles. The molecule has 27 heavy (non-hydrogen) atoms. The average Bonchev–Trinajstić information content (AvgIpc) is 3.12. The highest BCUT2D eigenvalue weighted by Gasteiger charge is 2.16. The third-order valence-electron chi connectivity index (χ3n) is 4.27. The smallest absolute Gasteiger partial charge is 0.211 e. The minimum absolute atomic E-state index is 0.0847. The molecule has 0 atom stereocenters. The Bertz CT molecular complexity index is 1140. The molecule has 4 rings (SSSR count). The van der Waals surface area contributed by atoms with Crippen LogP contribution in [0, 0.1) is 0 Å². The fourth-order valence-corrected chi connectivity index (χ4v) is 2.93. The summed E-state index contributed by atoms with van der Waals surface area (Å²) < 4.78 is 12.2. The maximum absolute atomic E-state index is 9.61. The van der Waals surface area contributed by atoms with Crippen molar-refractivity contribution in [2.75, 3.05) is 20.0 Å². The molecule has 8 heteroatoms. The topological polar surface area (TPSA) is 108 Å². The summed E-state index contributed by atoms with van der Waals surface area (Å²) in [7, 11) is 3.18. The summed E-state index contributed by atoms with van der Waals surface area (Å²) in [6.07, 6.45) is 3.32. The van der Waals surface area contributed by atoms with Gasteiger partial charge in [0, 0.05) is 17.8 Å². The van der Waals surface area contributed by atoms with Crippen molar-refractivity contribution < 1.29 is 14.6 Å². The van der Waals surface area contributed by atoms with E-state index in [4.69, 9.17) is 15.2 Å². The van der Waals surface area contributed by atoms with Gasteiger partial charge in [-0.05, 0) is 23.8 Å². The van der Waals surface area contributed by atoms with Gasteiger partial charge in [-0.2, -0.15) is 9.61 Å². The standard InChI is InChI=1S/C19H17N5O3/c1-26-15-7-6-11(8-16(15)27-2)12-10-22-24-18(20)13(9-21-19(12)24)14-4-3-5-17(25)23-14/h3-10H,20H2,1-2H3,(H,23,25). The maximum Gasteiger partial charge on any atom is 0.211 e. The van der Waals surface area contributed by atoms with Gasteiger partial charge in [-0.3, -0.25) is 0 Å². The molecular weight excluding hydrogens is 346 g/mol. The van der Waals surface area contributed by atoms with E-state index in [9.17, 15) is 5.11 Å². The normalized spacial score (nSPS) is 10.9. The molecule has 0 unspecified atom stereocenters. The molecule has 3 heterocycles. The Morgan fingerprint density at radius 2 is 1.81 bits per heavy atom. The Labute approximate surface area is 154 Å². The number of hydrogen-bond donors (Lipinski definition) is 2. The van der Waals surface area contributed by atoms with Crippen LogP contribution in [0.4, 0.5) is 5.82 Å². The number of fused-ring (bicyclic) bond motifs is 1. The monoisotopic (exact) mass is 363 g/mol. The fraction of sp³-hybridized carbons (Fsp3) is 0.105. The van der Waals surface area contributed by atoms with E-state index < -0.39 is 0 Å². The van der Waals surface area contributed by atoms with Crippen LogP contribution >= 0.6 is 0 Å². The van der Waals surface area contributed by atoms with Gasteiger partial charge in [0.15, 0.2) is 17.1 Å². The molecule has 0 radical (unpaired) electrons. The Morgan fingerprint density at radius 1 is 1.00 bits per heavy atom. The van der Waals surface area contributed by atoms with Gasteiger partial charge in [-0.15, -0.1) is 0 Å². The second-order valence-corrected chi connectivity index (χ2v) is 5.80. The van der Waals surface area contributed by atoms with E-state index in [1.165, 1.54) is 6.07 Å². The second-order valence-electron chi connectivity index (χ2n) is 5.80. The highest BCUT2D eigenvalue weighted by molar-refractivity contribution is 5.82. The zero-order valence-electron chi connectivity index (χ0n) is 14.7. The summed E-state index contributed by atoms with van der Waals surface area (Å²) in [5.74, 6) is 1.55. The molecule has 0 aliphatic rings. The number of anilines is 1. The van der Waals surface area contributed by atoms with Crippen LogP contribution in [-0.2, 0) is 0 Å². The molecule has 0 saturated heterocycles. The zero-order valence-corrected chi connectivity index (χ0v) is 14.7. The SMILES string of the molecule is COc1ccc(-c2cnn3c(N)c(-c4cccc(O)n4)cnc23)cc1OC. The van der Waals surface area contributed by atoms with Gasteiger partial charge in [-0.25, -0.2) is 9.97 Å². The molecule has 8 nitrogen and oxygen atoms in total. The van der Waals surface area contributed by atoms with Crippen molar-refractivity contribution >= 4 is 11.5 Å². The van der Waals surface area contributed by atoms with Gasteiger partial charge in [-0.1, -0.05) is 12.1 Å². The van der Waals surface area contributed by atoms with Crippen LogP contribution in [-0.4, -0.2) is 38.9 Å². The molecule has 3 N–H and O–H groups in total. The first-order valence-corrected chi connectivity index (χ1v) is 8.13. The number of nitrogen functional groups attached to an aromatic ring is 1. The predicted octanol–water partition coefficient (Wildman–Crippen LogP) is 2.76. The first-order chi connectivity index (χ1) is 13.1. The van der Waals surface area contributed by atoms with Gasteiger partial charge < -0.3 is 20.3 Å². The Balaban J connectivity index is 1.85. The van der Waals surface area contributed by atoms with Crippen LogP contribution in [0.1, 0.15) is 0 Å². The van der Waals surface area contributed by atoms with E-state index in [0.717, 1.165) is 11.1 Å². The van der Waals surface area contributed by atoms with Crippen LogP contribution in [0.3, 0.4) is 0 Å². The molecule has 4 aromatic rings. The third kappa shape index (κ3) is 2.77. The number of ether oxygens (including phenoxy) is 2. The Morgan fingerprint density at radius 3 is 2.56 bits per heavy atom. The number of nitrogens with two attached hydrogens (primary N) is 1. The largest absolute Gasteiger partial charge is 0.493 e. The summed E-state index contributed by atoms with van der Waals surface area (Å²) >= 11 is 0. The molecule has 0 aliphatic carbocycles. The van der Waals surface area contributed by atoms with Gasteiger partial charge in [0.05, 0.1) is 31.7 Å². The highest BCUT2D eigenvalue weighted by Crippen LogP contribution is 2.35. The predicted molar refractivity (Wildman–Crippen MR) is 101 cm³/mol. The minimum Gasteiger partial charge on any atom is -0.493 e. The average molecular weight is 363 g/mol. The van der Waals surface area contributed by atoms with Gasteiger partial charge in [0.1, 0.15) is 5.82 Å². The Kier molecular flexibility index (Phi) is 4.00. The summed E-state index contributed by atoms with van der Waals surface area (Å²) in [5, 5.41) is 14.0. The lowest BCUT2D eigenvalue weighted by Crippen LogP contribution is -2.03. The number of methoxy groups -OCH3 is 2. The molecule has 0 spiro atoms. The van der Waals surface area contributed by atoms with Crippen molar-refractivity contribution in [3.63, 3.8) is 0 Å². The molecule has 0 aliphatic heterocycles. The van der Waals surface area contributed by atoms with Crippen molar-refractivity contribution in [2.24, 2.45) is 0 Å². The molecule has 0 saturated carbocycles. The molecule has 136 valence electrons. The lowest BCUT2D eigenvalue weighted by Gasteiger charge is -2.09. The molecule has 3 aromatic heterocycles. The number of benzene rings is 1. The minimum atomic E-state index is -0.0847. The third-order valence-corrected chi connectivity index (χ3v) is 4.27. The lowest BCUT2D eigenvalue weighted by molar-refractivity contribution is 0.355. The first kappa shape index (κ1) is 16.6. The number of nitrogens with zero attached hydrogens (tertiary/aromatic N) is 4. The summed E-state index contributed by atoms with van der Waals surface area (Å²) in [6, 6.07) is 10.5. The second kappa shape index (κ2) is 6.49. The van der Waals surface area contributed by atoms with E-state index in [2.05, 4.69) is 15.1 Å². The number of pyridine rings is 1. The van der Waals surface area contributed by atoms with Crippen molar-refractivity contribution in [3.05, 3.63) is 48.8 Å². The van der Waals surface area contributed by atoms with Crippen LogP contribution < -0.4 is 15.2 Å². The lowest BCUT2D eigenvalue weighted by atomic mass is 10.1. The first-order valence-electron chi connectivity index (χ1n) is 8.13. The number of aromatic hydroxyl groups is 1. The maximum atomic E-state index is 9.61. The quantitative estimate of drug-likeness (QED) is 0.574. The summed E-state index contributed by atoms with van der Waals surface area (Å²) in [5.41, 5.74) is 9.67. The van der Waals surface area contributed by atoms with E-state index in [1.807, 2.05) is 18.2 Å². The summed E-state index contributed by atoms with van der Waals surface area (Å²) in [6.45, 7) is 0. The Hall–Kier alpha value is -3.81. The van der Waals surface area contributed by atoms with Crippen molar-refractivity contribution in [1.29, 1.82) is 0 Å². The van der Waals surface area contributed by atoms with Gasteiger partial charge in [0.2, 0.25) is 5.88 Å².